The van der Waals surface area contributed by atoms with E-state index in [4.69, 9.17) is 9.72 Å². The van der Waals surface area contributed by atoms with Crippen LogP contribution in [0.1, 0.15) is 24.4 Å². The number of fused-ring (bicyclic) bond motifs is 2. The first-order valence-electron chi connectivity index (χ1n) is 11.8. The summed E-state index contributed by atoms with van der Waals surface area (Å²) in [5, 5.41) is 5.07. The molecule has 34 heavy (non-hydrogen) atoms. The minimum atomic E-state index is 0.148. The van der Waals surface area contributed by atoms with E-state index >= 15 is 0 Å². The van der Waals surface area contributed by atoms with Crippen molar-refractivity contribution in [3.8, 4) is 11.1 Å². The maximum Gasteiger partial charge on any atom is 0.0966 e. The lowest BCUT2D eigenvalue weighted by molar-refractivity contribution is 0.0605. The second kappa shape index (κ2) is 8.88. The van der Waals surface area contributed by atoms with Gasteiger partial charge < -0.3 is 14.6 Å². The fourth-order valence-corrected chi connectivity index (χ4v) is 5.07. The number of aromatic nitrogens is 4. The first-order valence-corrected chi connectivity index (χ1v) is 11.8. The monoisotopic (exact) mass is 449 g/mol. The summed E-state index contributed by atoms with van der Waals surface area (Å²) in [5.41, 5.74) is 7.43. The van der Waals surface area contributed by atoms with Crippen molar-refractivity contribution in [1.29, 1.82) is 0 Å². The molecule has 6 heteroatoms. The van der Waals surface area contributed by atoms with Crippen molar-refractivity contribution in [1.82, 2.24) is 19.5 Å². The number of nitrogens with one attached hydrogen (secondary N) is 1. The lowest BCUT2D eigenvalue weighted by atomic mass is 9.87. The van der Waals surface area contributed by atoms with Crippen LogP contribution in [-0.2, 0) is 11.8 Å². The zero-order chi connectivity index (χ0) is 22.9. The van der Waals surface area contributed by atoms with Crippen molar-refractivity contribution in [3.05, 3.63) is 85.1 Å². The van der Waals surface area contributed by atoms with Gasteiger partial charge in [-0.05, 0) is 65.6 Å². The molecule has 0 bridgehead atoms. The molecule has 170 valence electrons. The molecule has 1 N–H and O–H groups in total. The average molecular weight is 450 g/mol. The van der Waals surface area contributed by atoms with Gasteiger partial charge in [0, 0.05) is 68.0 Å². The van der Waals surface area contributed by atoms with Crippen molar-refractivity contribution in [2.75, 3.05) is 18.5 Å². The summed E-state index contributed by atoms with van der Waals surface area (Å²) in [5.74, 6) is 0.471. The molecule has 5 aromatic rings. The van der Waals surface area contributed by atoms with Crippen LogP contribution in [0.4, 0.5) is 5.69 Å². The standard InChI is InChI=1S/C28H27N5O/c1-33-12-6-19-4-5-21(15-26(19)33)24-16-23(17-25-28(24)31-11-10-30-25)32-27(20-7-13-34-14-8-20)22-3-2-9-29-18-22/h2-6,9-12,15-18,20,27,32H,7-8,13-14H2,1H3. The van der Waals surface area contributed by atoms with Crippen LogP contribution >= 0.6 is 0 Å². The third-order valence-corrected chi connectivity index (χ3v) is 6.88. The molecule has 0 aliphatic carbocycles. The molecule has 3 aromatic heterocycles. The van der Waals surface area contributed by atoms with Gasteiger partial charge in [0.2, 0.25) is 0 Å². The first-order chi connectivity index (χ1) is 16.8. The molecule has 6 rings (SSSR count). The highest BCUT2D eigenvalue weighted by Gasteiger charge is 2.26. The van der Waals surface area contributed by atoms with Gasteiger partial charge in [0.05, 0.1) is 17.1 Å². The summed E-state index contributed by atoms with van der Waals surface area (Å²) in [6.07, 6.45) is 11.5. The van der Waals surface area contributed by atoms with Crippen LogP contribution in [0.15, 0.2) is 79.5 Å². The molecule has 1 fully saturated rings. The van der Waals surface area contributed by atoms with Crippen molar-refractivity contribution in [3.63, 3.8) is 0 Å². The lowest BCUT2D eigenvalue weighted by Crippen LogP contribution is -2.27. The first kappa shape index (κ1) is 20.8. The smallest absolute Gasteiger partial charge is 0.0966 e. The summed E-state index contributed by atoms with van der Waals surface area (Å²) in [6.45, 7) is 1.60. The number of pyridine rings is 1. The van der Waals surface area contributed by atoms with E-state index in [0.717, 1.165) is 53.9 Å². The zero-order valence-corrected chi connectivity index (χ0v) is 19.2. The number of rotatable bonds is 5. The highest BCUT2D eigenvalue weighted by molar-refractivity contribution is 5.97. The summed E-state index contributed by atoms with van der Waals surface area (Å²) in [6, 6.07) is 17.4. The van der Waals surface area contributed by atoms with Crippen molar-refractivity contribution in [2.45, 2.75) is 18.9 Å². The molecular formula is C28H27N5O. The second-order valence-electron chi connectivity index (χ2n) is 9.01. The molecule has 0 saturated carbocycles. The molecule has 2 aromatic carbocycles. The van der Waals surface area contributed by atoms with Gasteiger partial charge in [-0.1, -0.05) is 18.2 Å². The molecule has 6 nitrogen and oxygen atoms in total. The normalized spacial score (nSPS) is 15.6. The Morgan fingerprint density at radius 1 is 1.00 bits per heavy atom. The fourth-order valence-electron chi connectivity index (χ4n) is 5.07. The molecule has 0 amide bonds. The van der Waals surface area contributed by atoms with E-state index in [1.54, 1.807) is 12.4 Å². The van der Waals surface area contributed by atoms with E-state index < -0.39 is 0 Å². The van der Waals surface area contributed by atoms with E-state index in [1.807, 2.05) is 18.5 Å². The van der Waals surface area contributed by atoms with Gasteiger partial charge in [-0.15, -0.1) is 0 Å². The maximum absolute atomic E-state index is 5.65. The topological polar surface area (TPSA) is 64.9 Å². The fraction of sp³-hybridized carbons (Fsp3) is 0.250. The van der Waals surface area contributed by atoms with E-state index in [-0.39, 0.29) is 6.04 Å². The Morgan fingerprint density at radius 3 is 2.74 bits per heavy atom. The Bertz CT molecular complexity index is 1440. The van der Waals surface area contributed by atoms with E-state index in [1.165, 1.54) is 16.5 Å². The molecular weight excluding hydrogens is 422 g/mol. The molecule has 1 unspecified atom stereocenters. The van der Waals surface area contributed by atoms with Crippen LogP contribution in [0, 0.1) is 5.92 Å². The van der Waals surface area contributed by atoms with Crippen molar-refractivity contribution < 1.29 is 4.74 Å². The zero-order valence-electron chi connectivity index (χ0n) is 19.2. The summed E-state index contributed by atoms with van der Waals surface area (Å²) in [4.78, 5) is 13.7. The Morgan fingerprint density at radius 2 is 1.88 bits per heavy atom. The van der Waals surface area contributed by atoms with Gasteiger partial charge >= 0.3 is 0 Å². The largest absolute Gasteiger partial charge is 0.381 e. The molecule has 1 aliphatic heterocycles. The quantitative estimate of drug-likeness (QED) is 0.369. The molecule has 0 radical (unpaired) electrons. The number of anilines is 1. The third kappa shape index (κ3) is 3.90. The lowest BCUT2D eigenvalue weighted by Gasteiger charge is -2.32. The highest BCUT2D eigenvalue weighted by atomic mass is 16.5. The number of benzene rings is 2. The number of nitrogens with zero attached hydrogens (tertiary/aromatic N) is 4. The van der Waals surface area contributed by atoms with Gasteiger partial charge in [0.1, 0.15) is 0 Å². The molecule has 0 spiro atoms. The van der Waals surface area contributed by atoms with Crippen LogP contribution in [0.3, 0.4) is 0 Å². The van der Waals surface area contributed by atoms with Crippen LogP contribution in [-0.4, -0.2) is 32.7 Å². The van der Waals surface area contributed by atoms with Gasteiger partial charge in [-0.2, -0.15) is 0 Å². The number of aryl methyl sites for hydroxylation is 1. The minimum absolute atomic E-state index is 0.148. The van der Waals surface area contributed by atoms with Crippen LogP contribution in [0.25, 0.3) is 33.1 Å². The summed E-state index contributed by atoms with van der Waals surface area (Å²) >= 11 is 0. The SMILES string of the molecule is Cn1ccc2ccc(-c3cc(NC(c4cccnc4)C4CCOCC4)cc4nccnc34)cc21. The Balaban J connectivity index is 1.45. The maximum atomic E-state index is 5.65. The summed E-state index contributed by atoms with van der Waals surface area (Å²) < 4.78 is 7.80. The van der Waals surface area contributed by atoms with Crippen molar-refractivity contribution in [2.24, 2.45) is 13.0 Å². The number of hydrogen-bond acceptors (Lipinski definition) is 5. The summed E-state index contributed by atoms with van der Waals surface area (Å²) in [7, 11) is 2.08. The minimum Gasteiger partial charge on any atom is -0.381 e. The van der Waals surface area contributed by atoms with Crippen molar-refractivity contribution >= 4 is 27.6 Å². The van der Waals surface area contributed by atoms with Gasteiger partial charge in [-0.3, -0.25) is 15.0 Å². The second-order valence-corrected chi connectivity index (χ2v) is 9.01. The highest BCUT2D eigenvalue weighted by Crippen LogP contribution is 2.36. The predicted molar refractivity (Wildman–Crippen MR) is 136 cm³/mol. The van der Waals surface area contributed by atoms with Crippen LogP contribution < -0.4 is 5.32 Å². The predicted octanol–water partition coefficient (Wildman–Crippen LogP) is 5.76. The van der Waals surface area contributed by atoms with E-state index in [9.17, 15) is 0 Å². The molecule has 1 atom stereocenters. The number of ether oxygens (including phenoxy) is 1. The molecule has 4 heterocycles. The van der Waals surface area contributed by atoms with Crippen LogP contribution in [0.5, 0.6) is 0 Å². The van der Waals surface area contributed by atoms with E-state index in [2.05, 4.69) is 75.6 Å². The number of hydrogen-bond donors (Lipinski definition) is 1. The average Bonchev–Trinajstić information content (AvgIpc) is 3.27. The van der Waals surface area contributed by atoms with E-state index in [0.29, 0.717) is 5.92 Å². The molecule has 1 saturated heterocycles. The Kier molecular flexibility index (Phi) is 5.43. The van der Waals surface area contributed by atoms with Gasteiger partial charge in [-0.25, -0.2) is 0 Å². The Hall–Kier alpha value is -3.77. The van der Waals surface area contributed by atoms with Gasteiger partial charge in [0.15, 0.2) is 0 Å². The van der Waals surface area contributed by atoms with Crippen LogP contribution in [0.2, 0.25) is 0 Å². The van der Waals surface area contributed by atoms with Gasteiger partial charge in [0.25, 0.3) is 0 Å². The Labute approximate surface area is 198 Å². The molecule has 1 aliphatic rings. The third-order valence-electron chi connectivity index (χ3n) is 6.88.